The Morgan fingerprint density at radius 2 is 1.83 bits per heavy atom. The summed E-state index contributed by atoms with van der Waals surface area (Å²) in [5.74, 6) is 0.448. The van der Waals surface area contributed by atoms with Gasteiger partial charge in [0.15, 0.2) is 6.17 Å². The van der Waals surface area contributed by atoms with Crippen LogP contribution in [0.15, 0.2) is 70.5 Å². The Labute approximate surface area is 163 Å². The van der Waals surface area contributed by atoms with Gasteiger partial charge in [-0.05, 0) is 30.7 Å². The molecule has 148 valence electrons. The molecule has 0 spiro atoms. The summed E-state index contributed by atoms with van der Waals surface area (Å²) in [7, 11) is 0. The van der Waals surface area contributed by atoms with Gasteiger partial charge in [0, 0.05) is 17.4 Å². The van der Waals surface area contributed by atoms with E-state index >= 15 is 0 Å². The molecule has 0 aliphatic carbocycles. The summed E-state index contributed by atoms with van der Waals surface area (Å²) in [6.45, 7) is 1.69. The highest BCUT2D eigenvalue weighted by molar-refractivity contribution is 6.03. The third-order valence-corrected chi connectivity index (χ3v) is 4.36. The number of aryl methyl sites for hydroxylation is 1. The van der Waals surface area contributed by atoms with Crippen molar-refractivity contribution in [2.45, 2.75) is 19.3 Å². The summed E-state index contributed by atoms with van der Waals surface area (Å²) in [6.07, 6.45) is -5.16. The second kappa shape index (κ2) is 7.08. The van der Waals surface area contributed by atoms with Gasteiger partial charge in [-0.15, -0.1) is 0 Å². The molecule has 1 atom stereocenters. The molecule has 0 amide bonds. The molecule has 2 N–H and O–H groups in total. The van der Waals surface area contributed by atoms with Crippen LogP contribution in [0.2, 0.25) is 0 Å². The van der Waals surface area contributed by atoms with E-state index in [4.69, 9.17) is 0 Å². The van der Waals surface area contributed by atoms with Crippen molar-refractivity contribution >= 4 is 17.6 Å². The molecule has 2 aromatic carbocycles. The van der Waals surface area contributed by atoms with Crippen molar-refractivity contribution in [1.29, 1.82) is 0 Å². The first-order chi connectivity index (χ1) is 13.8. The lowest BCUT2D eigenvalue weighted by atomic mass is 10.1. The zero-order valence-corrected chi connectivity index (χ0v) is 15.2. The lowest BCUT2D eigenvalue weighted by Gasteiger charge is -2.27. The molecule has 1 aromatic heterocycles. The Morgan fingerprint density at radius 3 is 2.55 bits per heavy atom. The molecule has 0 bridgehead atoms. The second-order valence-corrected chi connectivity index (χ2v) is 6.52. The van der Waals surface area contributed by atoms with Crippen LogP contribution in [0.3, 0.4) is 0 Å². The van der Waals surface area contributed by atoms with E-state index in [0.29, 0.717) is 5.69 Å². The number of hydrogen-bond acceptors (Lipinski definition) is 5. The standard InChI is InChI=1S/C20H16F3N5O/c1-12-10-16(29)28-17(13-6-3-2-4-7-13)26-18(27-19(28)24-12)25-15-9-5-8-14(11-15)20(21,22)23/h2-11,17H,1H3,(H2,24,25,26,27)/t17-/m0/s1. The van der Waals surface area contributed by atoms with E-state index in [1.165, 1.54) is 22.8 Å². The molecule has 0 saturated carbocycles. The highest BCUT2D eigenvalue weighted by atomic mass is 19.4. The summed E-state index contributed by atoms with van der Waals surface area (Å²) in [6, 6.07) is 15.3. The first-order valence-electron chi connectivity index (χ1n) is 8.75. The predicted octanol–water partition coefficient (Wildman–Crippen LogP) is 4.01. The Bertz CT molecular complexity index is 1140. The van der Waals surface area contributed by atoms with E-state index in [1.54, 1.807) is 6.92 Å². The van der Waals surface area contributed by atoms with E-state index < -0.39 is 17.9 Å². The third-order valence-electron chi connectivity index (χ3n) is 4.36. The van der Waals surface area contributed by atoms with Crippen LogP contribution < -0.4 is 16.2 Å². The van der Waals surface area contributed by atoms with Crippen molar-refractivity contribution < 1.29 is 13.2 Å². The van der Waals surface area contributed by atoms with Gasteiger partial charge in [0.25, 0.3) is 5.56 Å². The van der Waals surface area contributed by atoms with Crippen LogP contribution in [0.5, 0.6) is 0 Å². The van der Waals surface area contributed by atoms with Gasteiger partial charge in [0.2, 0.25) is 11.9 Å². The number of hydrogen-bond donors (Lipinski definition) is 2. The molecule has 9 heteroatoms. The number of anilines is 2. The van der Waals surface area contributed by atoms with Crippen LogP contribution >= 0.6 is 0 Å². The largest absolute Gasteiger partial charge is 0.416 e. The first kappa shape index (κ1) is 18.7. The SMILES string of the molecule is Cc1cc(=O)n2c(n1)NC(Nc1cccc(C(F)(F)F)c1)=N[C@@H]2c1ccccc1. The number of nitrogens with one attached hydrogen (secondary N) is 2. The maximum atomic E-state index is 13.0. The summed E-state index contributed by atoms with van der Waals surface area (Å²) >= 11 is 0. The molecule has 2 heterocycles. The van der Waals surface area contributed by atoms with Crippen LogP contribution in [-0.2, 0) is 6.18 Å². The molecule has 0 unspecified atom stereocenters. The predicted molar refractivity (Wildman–Crippen MR) is 104 cm³/mol. The molecule has 6 nitrogen and oxygen atoms in total. The summed E-state index contributed by atoms with van der Waals surface area (Å²) < 4.78 is 40.4. The molecule has 1 aliphatic rings. The van der Waals surface area contributed by atoms with E-state index in [-0.39, 0.29) is 23.2 Å². The molecular weight excluding hydrogens is 383 g/mol. The zero-order chi connectivity index (χ0) is 20.6. The van der Waals surface area contributed by atoms with Gasteiger partial charge < -0.3 is 5.32 Å². The first-order valence-corrected chi connectivity index (χ1v) is 8.75. The minimum absolute atomic E-state index is 0.190. The maximum Gasteiger partial charge on any atom is 0.416 e. The van der Waals surface area contributed by atoms with Gasteiger partial charge in [0.1, 0.15) is 0 Å². The van der Waals surface area contributed by atoms with Crippen molar-refractivity contribution in [3.05, 3.63) is 87.8 Å². The minimum atomic E-state index is -4.45. The van der Waals surface area contributed by atoms with Gasteiger partial charge in [-0.3, -0.25) is 14.7 Å². The van der Waals surface area contributed by atoms with Crippen molar-refractivity contribution in [2.75, 3.05) is 10.6 Å². The Morgan fingerprint density at radius 1 is 1.07 bits per heavy atom. The quantitative estimate of drug-likeness (QED) is 0.683. The lowest BCUT2D eigenvalue weighted by molar-refractivity contribution is -0.137. The van der Waals surface area contributed by atoms with Crippen LogP contribution in [0.4, 0.5) is 24.8 Å². The van der Waals surface area contributed by atoms with E-state index in [0.717, 1.165) is 17.7 Å². The summed E-state index contributed by atoms with van der Waals surface area (Å²) in [5, 5.41) is 5.75. The number of aromatic nitrogens is 2. The lowest BCUT2D eigenvalue weighted by Crippen LogP contribution is -2.37. The van der Waals surface area contributed by atoms with Gasteiger partial charge in [-0.2, -0.15) is 13.2 Å². The summed E-state index contributed by atoms with van der Waals surface area (Å²) in [5.41, 5.74) is 0.411. The zero-order valence-electron chi connectivity index (χ0n) is 15.2. The second-order valence-electron chi connectivity index (χ2n) is 6.52. The van der Waals surface area contributed by atoms with Crippen LogP contribution in [-0.4, -0.2) is 15.5 Å². The van der Waals surface area contributed by atoms with Gasteiger partial charge in [-0.1, -0.05) is 36.4 Å². The molecule has 0 radical (unpaired) electrons. The van der Waals surface area contributed by atoms with Crippen LogP contribution in [0.25, 0.3) is 0 Å². The van der Waals surface area contributed by atoms with Gasteiger partial charge >= 0.3 is 6.18 Å². The molecule has 0 fully saturated rings. The molecule has 4 rings (SSSR count). The van der Waals surface area contributed by atoms with Crippen LogP contribution in [0, 0.1) is 6.92 Å². The van der Waals surface area contributed by atoms with Gasteiger partial charge in [-0.25, -0.2) is 9.98 Å². The number of nitrogens with zero attached hydrogens (tertiary/aromatic N) is 3. The molecule has 29 heavy (non-hydrogen) atoms. The third kappa shape index (κ3) is 3.84. The Kier molecular flexibility index (Phi) is 4.57. The fourth-order valence-corrected chi connectivity index (χ4v) is 3.07. The number of aliphatic imine (C=N–C) groups is 1. The monoisotopic (exact) mass is 399 g/mol. The number of alkyl halides is 3. The average Bonchev–Trinajstić information content (AvgIpc) is 2.67. The van der Waals surface area contributed by atoms with Crippen LogP contribution in [0.1, 0.15) is 23.0 Å². The van der Waals surface area contributed by atoms with Crippen molar-refractivity contribution in [3.8, 4) is 0 Å². The van der Waals surface area contributed by atoms with Gasteiger partial charge in [0.05, 0.1) is 5.56 Å². The molecular formula is C20H16F3N5O. The van der Waals surface area contributed by atoms with E-state index in [9.17, 15) is 18.0 Å². The number of benzene rings is 2. The molecule has 3 aromatic rings. The number of fused-ring (bicyclic) bond motifs is 1. The number of guanidine groups is 1. The van der Waals surface area contributed by atoms with E-state index in [2.05, 4.69) is 20.6 Å². The molecule has 0 saturated heterocycles. The topological polar surface area (TPSA) is 71.3 Å². The minimum Gasteiger partial charge on any atom is -0.326 e. The van der Waals surface area contributed by atoms with E-state index in [1.807, 2.05) is 30.3 Å². The average molecular weight is 399 g/mol. The fraction of sp³-hybridized carbons (Fsp3) is 0.150. The summed E-state index contributed by atoms with van der Waals surface area (Å²) in [4.78, 5) is 21.4. The highest BCUT2D eigenvalue weighted by Crippen LogP contribution is 2.31. The number of halogens is 3. The van der Waals surface area contributed by atoms with Crippen molar-refractivity contribution in [1.82, 2.24) is 9.55 Å². The van der Waals surface area contributed by atoms with Crippen molar-refractivity contribution in [2.24, 2.45) is 4.99 Å². The Hall–Kier alpha value is -3.62. The van der Waals surface area contributed by atoms with Crippen molar-refractivity contribution in [3.63, 3.8) is 0 Å². The normalized spacial score (nSPS) is 15.9. The Balaban J connectivity index is 1.75. The maximum absolute atomic E-state index is 13.0. The molecule has 1 aliphatic heterocycles. The fourth-order valence-electron chi connectivity index (χ4n) is 3.07. The highest BCUT2D eigenvalue weighted by Gasteiger charge is 2.31. The number of rotatable bonds is 2. The smallest absolute Gasteiger partial charge is 0.326 e.